The van der Waals surface area contributed by atoms with Crippen LogP contribution in [0.2, 0.25) is 0 Å². The second-order valence-electron chi connectivity index (χ2n) is 9.26. The molecule has 2 amide bonds. The van der Waals surface area contributed by atoms with E-state index < -0.39 is 11.6 Å². The number of nitrogens with one attached hydrogen (secondary N) is 2. The molecule has 1 atom stereocenters. The smallest absolute Gasteiger partial charge is 0.248 e. The first-order valence-corrected chi connectivity index (χ1v) is 10.7. The van der Waals surface area contributed by atoms with Crippen LogP contribution < -0.4 is 10.1 Å². The Morgan fingerprint density at radius 3 is 2.53 bits per heavy atom. The van der Waals surface area contributed by atoms with Crippen LogP contribution in [0.25, 0.3) is 16.5 Å². The fourth-order valence-corrected chi connectivity index (χ4v) is 4.21. The van der Waals surface area contributed by atoms with Gasteiger partial charge in [0, 0.05) is 40.8 Å². The highest BCUT2D eigenvalue weighted by atomic mass is 16.5. The van der Waals surface area contributed by atoms with Gasteiger partial charge in [0.15, 0.2) is 0 Å². The quantitative estimate of drug-likeness (QED) is 0.635. The molecule has 0 spiro atoms. The van der Waals surface area contributed by atoms with E-state index in [9.17, 15) is 9.59 Å². The third kappa shape index (κ3) is 4.13. The summed E-state index contributed by atoms with van der Waals surface area (Å²) in [6.07, 6.45) is 3.53. The highest BCUT2D eigenvalue weighted by Gasteiger charge is 2.35. The zero-order valence-electron chi connectivity index (χ0n) is 19.2. The van der Waals surface area contributed by atoms with Crippen molar-refractivity contribution in [2.45, 2.75) is 45.8 Å². The number of rotatable bonds is 4. The summed E-state index contributed by atoms with van der Waals surface area (Å²) >= 11 is 0. The molecule has 1 unspecified atom stereocenters. The number of aromatic nitrogens is 1. The Bertz CT molecular complexity index is 1200. The first-order chi connectivity index (χ1) is 15.2. The van der Waals surface area contributed by atoms with Gasteiger partial charge in [0.2, 0.25) is 11.8 Å². The molecule has 32 heavy (non-hydrogen) atoms. The van der Waals surface area contributed by atoms with Crippen LogP contribution in [0.3, 0.4) is 0 Å². The Labute approximate surface area is 188 Å². The normalized spacial score (nSPS) is 18.0. The van der Waals surface area contributed by atoms with Crippen LogP contribution in [-0.2, 0) is 16.1 Å². The zero-order chi connectivity index (χ0) is 23.0. The summed E-state index contributed by atoms with van der Waals surface area (Å²) in [7, 11) is 1.62. The second-order valence-corrected chi connectivity index (χ2v) is 9.26. The monoisotopic (exact) mass is 431 g/mol. The molecular weight excluding hydrogens is 402 g/mol. The van der Waals surface area contributed by atoms with Crippen LogP contribution in [0.4, 0.5) is 0 Å². The lowest BCUT2D eigenvalue weighted by Gasteiger charge is -2.34. The molecule has 1 aromatic heterocycles. The molecule has 6 nitrogen and oxygen atoms in total. The van der Waals surface area contributed by atoms with Crippen molar-refractivity contribution in [1.29, 1.82) is 0 Å². The van der Waals surface area contributed by atoms with E-state index in [0.29, 0.717) is 6.54 Å². The van der Waals surface area contributed by atoms with Crippen molar-refractivity contribution in [2.75, 3.05) is 7.11 Å². The first kappa shape index (κ1) is 21.7. The topological polar surface area (TPSA) is 74.4 Å². The van der Waals surface area contributed by atoms with Crippen molar-refractivity contribution >= 4 is 28.3 Å². The van der Waals surface area contributed by atoms with Gasteiger partial charge in [-0.2, -0.15) is 0 Å². The predicted octanol–water partition coefficient (Wildman–Crippen LogP) is 4.58. The lowest BCUT2D eigenvalue weighted by Crippen LogP contribution is -2.49. The van der Waals surface area contributed by atoms with Crippen molar-refractivity contribution in [2.24, 2.45) is 0 Å². The summed E-state index contributed by atoms with van der Waals surface area (Å²) in [6.45, 7) is 8.05. The Kier molecular flexibility index (Phi) is 5.55. The number of ether oxygens (including phenoxy) is 1. The first-order valence-electron chi connectivity index (χ1n) is 10.7. The summed E-state index contributed by atoms with van der Waals surface area (Å²) in [6, 6.07) is 12.6. The summed E-state index contributed by atoms with van der Waals surface area (Å²) in [4.78, 5) is 32.0. The van der Waals surface area contributed by atoms with Gasteiger partial charge < -0.3 is 19.9 Å². The van der Waals surface area contributed by atoms with E-state index in [0.717, 1.165) is 38.9 Å². The van der Waals surface area contributed by atoms with Crippen molar-refractivity contribution in [1.82, 2.24) is 15.2 Å². The molecule has 2 N–H and O–H groups in total. The molecule has 1 aliphatic rings. The Morgan fingerprint density at radius 1 is 1.16 bits per heavy atom. The standard InChI is InChI=1S/C26H29N3O3/c1-16-13-22(30)29(15-17-9-11-18(32-5)12-10-17)24(25(31)28-26(2,3)4)19-7-6-8-21-23(19)20(16)14-27-21/h6-14,24,27H,15H2,1-5H3,(H,28,31)/b16-13-. The SMILES string of the molecule is COc1ccc(CN2C(=O)/C=C(/C)c3c[nH]c4cccc(c34)C2C(=O)NC(C)(C)C)cc1. The number of nitrogens with zero attached hydrogens (tertiary/aromatic N) is 1. The van der Waals surface area contributed by atoms with Crippen molar-refractivity contribution in [3.63, 3.8) is 0 Å². The van der Waals surface area contributed by atoms with E-state index in [1.807, 2.05) is 76.4 Å². The van der Waals surface area contributed by atoms with Crippen molar-refractivity contribution in [3.05, 3.63) is 71.4 Å². The molecule has 2 aromatic carbocycles. The Balaban J connectivity index is 1.88. The van der Waals surface area contributed by atoms with E-state index in [4.69, 9.17) is 4.74 Å². The number of methoxy groups -OCH3 is 1. The fourth-order valence-electron chi connectivity index (χ4n) is 4.21. The predicted molar refractivity (Wildman–Crippen MR) is 126 cm³/mol. The van der Waals surface area contributed by atoms with Gasteiger partial charge in [0.1, 0.15) is 11.8 Å². The molecule has 0 aliphatic carbocycles. The summed E-state index contributed by atoms with van der Waals surface area (Å²) in [5.41, 5.74) is 4.05. The second kappa shape index (κ2) is 8.19. The van der Waals surface area contributed by atoms with Gasteiger partial charge in [-0.1, -0.05) is 24.3 Å². The average Bonchev–Trinajstić information content (AvgIpc) is 3.17. The third-order valence-electron chi connectivity index (χ3n) is 5.65. The molecule has 0 radical (unpaired) electrons. The zero-order valence-corrected chi connectivity index (χ0v) is 19.2. The maximum atomic E-state index is 13.6. The van der Waals surface area contributed by atoms with Gasteiger partial charge >= 0.3 is 0 Å². The number of hydrogen-bond donors (Lipinski definition) is 2. The number of carbonyl (C=O) groups is 2. The van der Waals surface area contributed by atoms with E-state index in [-0.39, 0.29) is 11.8 Å². The highest BCUT2D eigenvalue weighted by Crippen LogP contribution is 2.37. The van der Waals surface area contributed by atoms with Gasteiger partial charge in [-0.25, -0.2) is 0 Å². The number of aromatic amines is 1. The molecule has 6 heteroatoms. The van der Waals surface area contributed by atoms with Gasteiger partial charge in [-0.05, 0) is 62.6 Å². The number of amides is 2. The lowest BCUT2D eigenvalue weighted by molar-refractivity contribution is -0.138. The van der Waals surface area contributed by atoms with Crippen LogP contribution in [0, 0.1) is 0 Å². The number of allylic oxidation sites excluding steroid dienone is 1. The minimum Gasteiger partial charge on any atom is -0.497 e. The summed E-state index contributed by atoms with van der Waals surface area (Å²) in [5.74, 6) is 0.343. The molecule has 4 rings (SSSR count). The molecule has 0 bridgehead atoms. The lowest BCUT2D eigenvalue weighted by atomic mass is 9.92. The Hall–Kier alpha value is -3.54. The molecule has 3 aromatic rings. The average molecular weight is 432 g/mol. The van der Waals surface area contributed by atoms with Crippen molar-refractivity contribution in [3.8, 4) is 5.75 Å². The maximum absolute atomic E-state index is 13.6. The Morgan fingerprint density at radius 2 is 1.88 bits per heavy atom. The minimum atomic E-state index is -0.772. The molecule has 1 aliphatic heterocycles. The van der Waals surface area contributed by atoms with Gasteiger partial charge in [0.05, 0.1) is 7.11 Å². The third-order valence-corrected chi connectivity index (χ3v) is 5.65. The molecule has 0 saturated carbocycles. The van der Waals surface area contributed by atoms with Crippen LogP contribution >= 0.6 is 0 Å². The number of benzene rings is 2. The highest BCUT2D eigenvalue weighted by molar-refractivity contribution is 6.06. The molecular formula is C26H29N3O3. The number of hydrogen-bond acceptors (Lipinski definition) is 3. The van der Waals surface area contributed by atoms with Gasteiger partial charge in [0.25, 0.3) is 0 Å². The molecule has 2 heterocycles. The number of carbonyl (C=O) groups excluding carboxylic acids is 2. The van der Waals surface area contributed by atoms with E-state index in [2.05, 4.69) is 10.3 Å². The molecule has 0 saturated heterocycles. The molecule has 166 valence electrons. The number of H-pyrrole nitrogens is 1. The van der Waals surface area contributed by atoms with Crippen LogP contribution in [-0.4, -0.2) is 34.3 Å². The molecule has 0 fully saturated rings. The van der Waals surface area contributed by atoms with Gasteiger partial charge in [-0.3, -0.25) is 9.59 Å². The fraction of sp³-hybridized carbons (Fsp3) is 0.308. The van der Waals surface area contributed by atoms with Crippen LogP contribution in [0.5, 0.6) is 5.75 Å². The summed E-state index contributed by atoms with van der Waals surface area (Å²) in [5, 5.41) is 4.06. The summed E-state index contributed by atoms with van der Waals surface area (Å²) < 4.78 is 5.26. The largest absolute Gasteiger partial charge is 0.497 e. The van der Waals surface area contributed by atoms with E-state index >= 15 is 0 Å². The van der Waals surface area contributed by atoms with Crippen LogP contribution in [0.15, 0.2) is 54.7 Å². The van der Waals surface area contributed by atoms with Gasteiger partial charge in [-0.15, -0.1) is 0 Å². The maximum Gasteiger partial charge on any atom is 0.248 e. The van der Waals surface area contributed by atoms with E-state index in [1.165, 1.54) is 0 Å². The minimum absolute atomic E-state index is 0.198. The van der Waals surface area contributed by atoms with Crippen molar-refractivity contribution < 1.29 is 14.3 Å². The van der Waals surface area contributed by atoms with E-state index in [1.54, 1.807) is 18.1 Å². The van der Waals surface area contributed by atoms with Crippen LogP contribution in [0.1, 0.15) is 50.4 Å².